The monoisotopic (exact) mass is 479 g/mol. The van der Waals surface area contributed by atoms with Gasteiger partial charge in [0.15, 0.2) is 5.13 Å². The highest BCUT2D eigenvalue weighted by Gasteiger charge is 2.26. The second-order valence-corrected chi connectivity index (χ2v) is 9.13. The van der Waals surface area contributed by atoms with E-state index < -0.39 is 11.5 Å². The Morgan fingerprint density at radius 2 is 2.00 bits per heavy atom. The summed E-state index contributed by atoms with van der Waals surface area (Å²) in [6, 6.07) is 12.6. The van der Waals surface area contributed by atoms with Crippen molar-refractivity contribution in [3.63, 3.8) is 0 Å². The van der Waals surface area contributed by atoms with Gasteiger partial charge in [0, 0.05) is 31.6 Å². The predicted octanol–water partition coefficient (Wildman–Crippen LogP) is 3.70. The molecule has 0 radical (unpaired) electrons. The highest BCUT2D eigenvalue weighted by atomic mass is 32.1. The van der Waals surface area contributed by atoms with E-state index >= 15 is 0 Å². The molecule has 9 heteroatoms. The van der Waals surface area contributed by atoms with Crippen molar-refractivity contribution in [2.75, 3.05) is 51.4 Å². The highest BCUT2D eigenvalue weighted by Crippen LogP contribution is 2.36. The zero-order valence-corrected chi connectivity index (χ0v) is 19.9. The maximum Gasteiger partial charge on any atom is 0.349 e. The molecule has 1 saturated heterocycles. The van der Waals surface area contributed by atoms with Crippen LogP contribution in [0.1, 0.15) is 15.9 Å². The molecule has 0 spiro atoms. The summed E-state index contributed by atoms with van der Waals surface area (Å²) in [6.07, 6.45) is 0. The number of rotatable bonds is 6. The number of carbonyl (C=O) groups excluding carboxylic acids is 1. The van der Waals surface area contributed by atoms with Crippen LogP contribution in [0.3, 0.4) is 0 Å². The van der Waals surface area contributed by atoms with E-state index in [1.807, 2.05) is 31.2 Å². The number of fused-ring (bicyclic) bond motifs is 2. The summed E-state index contributed by atoms with van der Waals surface area (Å²) in [4.78, 5) is 35.1. The Kier molecular flexibility index (Phi) is 6.32. The topological polar surface area (TPSA) is 85.1 Å². The van der Waals surface area contributed by atoms with Crippen LogP contribution >= 0.6 is 11.3 Å². The number of para-hydroxylation sites is 1. The van der Waals surface area contributed by atoms with Gasteiger partial charge in [-0.2, -0.15) is 0 Å². The predicted molar refractivity (Wildman–Crippen MR) is 132 cm³/mol. The molecule has 1 fully saturated rings. The third kappa shape index (κ3) is 4.29. The number of anilines is 1. The molecule has 1 aliphatic heterocycles. The van der Waals surface area contributed by atoms with Crippen molar-refractivity contribution in [1.29, 1.82) is 0 Å². The van der Waals surface area contributed by atoms with Crippen LogP contribution in [0.4, 0.5) is 5.13 Å². The lowest BCUT2D eigenvalue weighted by Gasteiger charge is -2.29. The van der Waals surface area contributed by atoms with E-state index in [4.69, 9.17) is 18.9 Å². The molecule has 2 aromatic heterocycles. The number of thiazole rings is 1. The Bertz CT molecular complexity index is 1410. The molecule has 34 heavy (non-hydrogen) atoms. The Morgan fingerprint density at radius 3 is 2.79 bits per heavy atom. The van der Waals surface area contributed by atoms with Crippen LogP contribution in [0.5, 0.6) is 5.75 Å². The molecule has 176 valence electrons. The van der Waals surface area contributed by atoms with E-state index in [0.29, 0.717) is 53.7 Å². The average molecular weight is 480 g/mol. The number of aromatic nitrogens is 1. The second kappa shape index (κ2) is 9.54. The first-order valence-electron chi connectivity index (χ1n) is 11.1. The Hall–Kier alpha value is -3.27. The summed E-state index contributed by atoms with van der Waals surface area (Å²) in [6.45, 7) is 5.95. The van der Waals surface area contributed by atoms with E-state index in [-0.39, 0.29) is 5.56 Å². The molecule has 3 heterocycles. The van der Waals surface area contributed by atoms with E-state index in [1.54, 1.807) is 30.2 Å². The molecule has 0 N–H and O–H groups in total. The van der Waals surface area contributed by atoms with Crippen molar-refractivity contribution in [2.45, 2.75) is 6.92 Å². The lowest BCUT2D eigenvalue weighted by atomic mass is 10.1. The number of carbonyl (C=O) groups is 1. The molecule has 2 aromatic carbocycles. The van der Waals surface area contributed by atoms with E-state index in [1.165, 1.54) is 11.3 Å². The summed E-state index contributed by atoms with van der Waals surface area (Å²) in [5.41, 5.74) is 1.53. The standard InChI is InChI=1S/C25H25N3O5S/c1-16-7-8-20(31-2)21-22(16)34-25(26-21)28(10-9-27-11-13-32-14-12-27)23(29)18-15-17-5-3-4-6-19(17)33-24(18)30/h3-8,15H,9-14H2,1-2H3. The third-order valence-electron chi connectivity index (χ3n) is 6.00. The van der Waals surface area contributed by atoms with Gasteiger partial charge in [-0.25, -0.2) is 9.78 Å². The molecule has 0 bridgehead atoms. The summed E-state index contributed by atoms with van der Waals surface area (Å²) in [7, 11) is 1.60. The SMILES string of the molecule is COc1ccc(C)c2sc(N(CCN3CCOCC3)C(=O)c3cc4ccccc4oc3=O)nc12. The van der Waals surface area contributed by atoms with Gasteiger partial charge in [0.25, 0.3) is 5.91 Å². The normalized spacial score (nSPS) is 14.5. The summed E-state index contributed by atoms with van der Waals surface area (Å²) in [5, 5.41) is 1.22. The van der Waals surface area contributed by atoms with Gasteiger partial charge in [-0.3, -0.25) is 14.6 Å². The lowest BCUT2D eigenvalue weighted by molar-refractivity contribution is 0.0391. The maximum atomic E-state index is 13.8. The van der Waals surface area contributed by atoms with E-state index in [9.17, 15) is 9.59 Å². The minimum atomic E-state index is -0.657. The molecule has 1 aliphatic rings. The Morgan fingerprint density at radius 1 is 1.21 bits per heavy atom. The zero-order chi connectivity index (χ0) is 23.7. The largest absolute Gasteiger partial charge is 0.494 e. The lowest BCUT2D eigenvalue weighted by Crippen LogP contribution is -2.44. The molecular weight excluding hydrogens is 454 g/mol. The van der Waals surface area contributed by atoms with Crippen LogP contribution in [0.15, 0.2) is 51.7 Å². The van der Waals surface area contributed by atoms with Gasteiger partial charge in [-0.05, 0) is 30.7 Å². The minimum absolute atomic E-state index is 0.0105. The molecular formula is C25H25N3O5S. The van der Waals surface area contributed by atoms with Crippen molar-refractivity contribution in [1.82, 2.24) is 9.88 Å². The zero-order valence-electron chi connectivity index (χ0n) is 19.1. The fourth-order valence-corrected chi connectivity index (χ4v) is 5.16. The van der Waals surface area contributed by atoms with Crippen LogP contribution in [-0.4, -0.2) is 62.3 Å². The fourth-order valence-electron chi connectivity index (χ4n) is 4.09. The number of methoxy groups -OCH3 is 1. The Balaban J connectivity index is 1.56. The van der Waals surface area contributed by atoms with Crippen LogP contribution in [-0.2, 0) is 4.74 Å². The van der Waals surface area contributed by atoms with Crippen LogP contribution in [0.2, 0.25) is 0 Å². The summed E-state index contributed by atoms with van der Waals surface area (Å²) >= 11 is 1.42. The first-order valence-corrected chi connectivity index (χ1v) is 12.0. The number of morpholine rings is 1. The smallest absolute Gasteiger partial charge is 0.349 e. The number of hydrogen-bond donors (Lipinski definition) is 0. The molecule has 5 rings (SSSR count). The maximum absolute atomic E-state index is 13.8. The number of nitrogens with zero attached hydrogens (tertiary/aromatic N) is 3. The van der Waals surface area contributed by atoms with Crippen LogP contribution in [0.25, 0.3) is 21.2 Å². The van der Waals surface area contributed by atoms with Crippen molar-refractivity contribution in [3.8, 4) is 5.75 Å². The van der Waals surface area contributed by atoms with Gasteiger partial charge in [-0.15, -0.1) is 0 Å². The first-order chi connectivity index (χ1) is 16.5. The number of amides is 1. The van der Waals surface area contributed by atoms with Gasteiger partial charge < -0.3 is 13.9 Å². The van der Waals surface area contributed by atoms with Gasteiger partial charge in [0.1, 0.15) is 22.4 Å². The number of hydrogen-bond acceptors (Lipinski definition) is 8. The fraction of sp³-hybridized carbons (Fsp3) is 0.320. The second-order valence-electron chi connectivity index (χ2n) is 8.16. The van der Waals surface area contributed by atoms with Gasteiger partial charge in [-0.1, -0.05) is 35.6 Å². The minimum Gasteiger partial charge on any atom is -0.494 e. The molecule has 8 nitrogen and oxygen atoms in total. The van der Waals surface area contributed by atoms with Gasteiger partial charge in [0.05, 0.1) is 25.0 Å². The van der Waals surface area contributed by atoms with Crippen molar-refractivity contribution in [2.24, 2.45) is 0 Å². The first kappa shape index (κ1) is 22.5. The summed E-state index contributed by atoms with van der Waals surface area (Å²) in [5.74, 6) is 0.220. The van der Waals surface area contributed by atoms with E-state index in [2.05, 4.69) is 4.90 Å². The van der Waals surface area contributed by atoms with Crippen molar-refractivity contribution in [3.05, 3.63) is 64.0 Å². The van der Waals surface area contributed by atoms with E-state index in [0.717, 1.165) is 23.4 Å². The molecule has 0 unspecified atom stereocenters. The van der Waals surface area contributed by atoms with Crippen molar-refractivity contribution >= 4 is 43.6 Å². The number of ether oxygens (including phenoxy) is 2. The summed E-state index contributed by atoms with van der Waals surface area (Å²) < 4.78 is 17.3. The van der Waals surface area contributed by atoms with Crippen LogP contribution < -0.4 is 15.3 Å². The molecule has 0 atom stereocenters. The average Bonchev–Trinajstić information content (AvgIpc) is 3.30. The highest BCUT2D eigenvalue weighted by molar-refractivity contribution is 7.22. The van der Waals surface area contributed by atoms with Gasteiger partial charge >= 0.3 is 5.63 Å². The van der Waals surface area contributed by atoms with Crippen LogP contribution in [0, 0.1) is 6.92 Å². The molecule has 0 saturated carbocycles. The Labute approximate surface area is 200 Å². The molecule has 1 amide bonds. The quantitative estimate of drug-likeness (QED) is 0.390. The number of benzene rings is 2. The molecule has 4 aromatic rings. The third-order valence-corrected chi connectivity index (χ3v) is 7.22. The van der Waals surface area contributed by atoms with Gasteiger partial charge in [0.2, 0.25) is 0 Å². The van der Waals surface area contributed by atoms with Crippen molar-refractivity contribution < 1.29 is 18.7 Å². The number of aryl methyl sites for hydroxylation is 1. The molecule has 0 aliphatic carbocycles.